The number of rotatable bonds is 40. The lowest BCUT2D eigenvalue weighted by molar-refractivity contribution is -0.140. The van der Waals surface area contributed by atoms with Gasteiger partial charge < -0.3 is 84.5 Å². The molecule has 1 aliphatic heterocycles. The number of carboxylic acid groups (broad SMARTS) is 3. The number of urea groups is 1. The largest absolute Gasteiger partial charge is 0.508 e. The summed E-state index contributed by atoms with van der Waals surface area (Å²) in [5.74, 6) is -5.93. The number of carbonyl (C=O) groups excluding carboxylic acids is 6. The van der Waals surface area contributed by atoms with E-state index in [1.807, 2.05) is 6.07 Å². The van der Waals surface area contributed by atoms with Crippen LogP contribution in [0, 0.1) is 0 Å². The summed E-state index contributed by atoms with van der Waals surface area (Å²) in [6, 6.07) is 19.6. The number of amides is 7. The second kappa shape index (κ2) is 42.6. The van der Waals surface area contributed by atoms with E-state index in [-0.39, 0.29) is 166 Å². The number of nitrogens with zero attached hydrogens (tertiary/aromatic N) is 5. The van der Waals surface area contributed by atoms with E-state index in [0.717, 1.165) is 0 Å². The summed E-state index contributed by atoms with van der Waals surface area (Å²) in [5.41, 5.74) is 12.3. The third kappa shape index (κ3) is 29.4. The van der Waals surface area contributed by atoms with E-state index in [9.17, 15) is 73.2 Å². The fraction of sp³-hybridized carbons (Fsp3) is 0.508. The third-order valence-corrected chi connectivity index (χ3v) is 15.6. The Morgan fingerprint density at radius 1 is 0.536 bits per heavy atom. The molecule has 1 aliphatic rings. The van der Waals surface area contributed by atoms with Gasteiger partial charge in [-0.15, -0.1) is 0 Å². The highest BCUT2D eigenvalue weighted by Gasteiger charge is 2.30. The molecule has 0 bridgehead atoms. The van der Waals surface area contributed by atoms with Crippen molar-refractivity contribution in [1.82, 2.24) is 56.8 Å². The van der Waals surface area contributed by atoms with Crippen LogP contribution in [-0.2, 0) is 44.9 Å². The minimum atomic E-state index is -1.09. The van der Waals surface area contributed by atoms with Gasteiger partial charge in [0.05, 0.1) is 38.7 Å². The Bertz CT molecular complexity index is 3260. The minimum absolute atomic E-state index is 0.00613. The molecular formula is C65H94N16O16. The molecule has 0 aromatic heterocycles. The average Bonchev–Trinajstić information content (AvgIpc) is 0.792. The summed E-state index contributed by atoms with van der Waals surface area (Å²) in [6.07, 6.45) is 3.10. The zero-order valence-corrected chi connectivity index (χ0v) is 54.8. The molecule has 0 aliphatic carbocycles. The van der Waals surface area contributed by atoms with E-state index in [2.05, 4.69) is 52.8 Å². The number of phenols is 1. The first-order chi connectivity index (χ1) is 46.6. The third-order valence-electron chi connectivity index (χ3n) is 15.6. The molecule has 4 aromatic rings. The Hall–Kier alpha value is -9.76. The number of carbonyl (C=O) groups is 9. The Morgan fingerprint density at radius 2 is 1.07 bits per heavy atom. The number of guanidine groups is 1. The van der Waals surface area contributed by atoms with Gasteiger partial charge in [0.1, 0.15) is 35.0 Å². The van der Waals surface area contributed by atoms with Crippen LogP contribution < -0.4 is 74.9 Å². The van der Waals surface area contributed by atoms with Crippen molar-refractivity contribution < 1.29 is 68.3 Å². The molecule has 32 heteroatoms. The fourth-order valence-electron chi connectivity index (χ4n) is 10.4. The summed E-state index contributed by atoms with van der Waals surface area (Å²) < 4.78 is 6.15. The van der Waals surface area contributed by atoms with Gasteiger partial charge in [0.15, 0.2) is 5.96 Å². The summed E-state index contributed by atoms with van der Waals surface area (Å²) in [4.78, 5) is 150. The first-order valence-electron chi connectivity index (χ1n) is 32.5. The first-order valence-corrected chi connectivity index (χ1v) is 32.5. The van der Waals surface area contributed by atoms with E-state index < -0.39 is 76.4 Å². The van der Waals surface area contributed by atoms with Gasteiger partial charge in [-0.05, 0) is 92.4 Å². The molecule has 3 atom stereocenters. The van der Waals surface area contributed by atoms with Crippen molar-refractivity contribution in [3.05, 3.63) is 116 Å². The molecular weight excluding hydrogens is 1260 g/mol. The highest BCUT2D eigenvalue weighted by Crippen LogP contribution is 2.29. The van der Waals surface area contributed by atoms with Crippen LogP contribution in [-0.4, -0.2) is 243 Å². The van der Waals surface area contributed by atoms with Crippen molar-refractivity contribution in [2.45, 2.75) is 82.8 Å². The lowest BCUT2D eigenvalue weighted by atomic mass is 9.90. The molecule has 530 valence electrons. The van der Waals surface area contributed by atoms with E-state index >= 15 is 0 Å². The molecule has 0 spiro atoms. The number of ether oxygens (including phenoxy) is 1. The van der Waals surface area contributed by atoms with Crippen LogP contribution in [0.1, 0.15) is 80.9 Å². The lowest BCUT2D eigenvalue weighted by Gasteiger charge is -2.33. The van der Waals surface area contributed by atoms with Crippen molar-refractivity contribution >= 4 is 70.8 Å². The number of aliphatic carboxylic acids is 3. The highest BCUT2D eigenvalue weighted by atomic mass is 16.5. The van der Waals surface area contributed by atoms with Gasteiger partial charge in [-0.2, -0.15) is 4.99 Å². The van der Waals surface area contributed by atoms with Gasteiger partial charge in [-0.3, -0.25) is 67.5 Å². The van der Waals surface area contributed by atoms with Crippen molar-refractivity contribution in [2.75, 3.05) is 142 Å². The van der Waals surface area contributed by atoms with E-state index in [1.54, 1.807) is 87.2 Å². The first kappa shape index (κ1) is 77.9. The van der Waals surface area contributed by atoms with E-state index in [4.69, 9.17) is 16.2 Å². The average molecular weight is 1360 g/mol. The number of aromatic hydroxyl groups is 1. The zero-order chi connectivity index (χ0) is 70.5. The molecule has 1 saturated heterocycles. The maximum Gasteiger partial charge on any atom is 0.344 e. The number of carboxylic acids is 3. The molecule has 0 saturated carbocycles. The summed E-state index contributed by atoms with van der Waals surface area (Å²) in [7, 11) is 0. The number of aliphatic imine (C=N–C) groups is 1. The Kier molecular flexibility index (Phi) is 34.3. The monoisotopic (exact) mass is 1350 g/mol. The molecule has 1 heterocycles. The van der Waals surface area contributed by atoms with Crippen LogP contribution in [0.3, 0.4) is 0 Å². The van der Waals surface area contributed by atoms with Gasteiger partial charge in [0.25, 0.3) is 10.9 Å². The molecule has 7 amide bonds. The van der Waals surface area contributed by atoms with Crippen molar-refractivity contribution in [3.63, 3.8) is 0 Å². The predicted octanol–water partition coefficient (Wildman–Crippen LogP) is -1.27. The highest BCUT2D eigenvalue weighted by molar-refractivity contribution is 5.93. The number of unbranched alkanes of at least 4 members (excludes halogenated alkanes) is 2. The minimum Gasteiger partial charge on any atom is -0.508 e. The van der Waals surface area contributed by atoms with Crippen molar-refractivity contribution in [3.8, 4) is 11.5 Å². The summed E-state index contributed by atoms with van der Waals surface area (Å²) in [5, 5.41) is 63.8. The number of benzene rings is 3. The van der Waals surface area contributed by atoms with Crippen LogP contribution in [0.25, 0.3) is 0 Å². The zero-order valence-electron chi connectivity index (χ0n) is 54.8. The molecule has 2 unspecified atom stereocenters. The normalized spacial score (nSPS) is 14.6. The van der Waals surface area contributed by atoms with E-state index in [0.29, 0.717) is 74.1 Å². The number of nitrogens with one attached hydrogen (secondary N) is 9. The van der Waals surface area contributed by atoms with Crippen LogP contribution in [0.5, 0.6) is 11.5 Å². The molecule has 17 N–H and O–H groups in total. The van der Waals surface area contributed by atoms with Crippen LogP contribution in [0.4, 0.5) is 16.2 Å². The Morgan fingerprint density at radius 3 is 1.66 bits per heavy atom. The summed E-state index contributed by atoms with van der Waals surface area (Å²) >= 11 is 0. The van der Waals surface area contributed by atoms with Gasteiger partial charge in [0.2, 0.25) is 29.5 Å². The van der Waals surface area contributed by atoms with Crippen LogP contribution >= 0.6 is 0 Å². The van der Waals surface area contributed by atoms with Crippen LogP contribution in [0.2, 0.25) is 0 Å². The van der Waals surface area contributed by atoms with Gasteiger partial charge >= 0.3 is 23.9 Å². The maximum atomic E-state index is 14.5. The standard InChI is InChI=1S/C65H94N16O16/c1-2-51(83)68-25-28-73-65(96)77-64(67)72-24-11-17-50(62(94)74-39-44-18-20-47(82)21-19-44)76-63(95)56(45-12-4-3-5-13-45)46-14-10-15-48(38-46)97-37-9-8-23-69-57-58(60(92)59(57)91)70-26-27-71-61(93)49(16-6-7-22-66)75-52(84)40-78-29-31-79(41-53(85)86)33-35-81(43-55(89)90)36-34-80(32-30-78)42-54(87)88/h3-5,10,12-15,18-21,38,49-50,56,69-70,82H,2,6-9,11,16-17,22-37,39-43,66H2,1H3,(H,68,83)(H,71,93)(H,74,94)(H,75,84)(H,76,95)(H,85,86)(H,87,88)(H,89,90)(H4,67,72,73,77,96)/t49?,50?,56-/m1/s1. The number of nitrogens with two attached hydrogens (primary N) is 2. The molecule has 1 fully saturated rings. The maximum absolute atomic E-state index is 14.5. The van der Waals surface area contributed by atoms with Crippen molar-refractivity contribution in [1.29, 1.82) is 0 Å². The van der Waals surface area contributed by atoms with Crippen LogP contribution in [0.15, 0.2) is 93.4 Å². The number of hydrogen-bond donors (Lipinski definition) is 15. The van der Waals surface area contributed by atoms with Gasteiger partial charge in [-0.25, -0.2) is 4.79 Å². The molecule has 5 rings (SSSR count). The fourth-order valence-corrected chi connectivity index (χ4v) is 10.4. The quantitative estimate of drug-likeness (QED) is 0.0107. The van der Waals surface area contributed by atoms with Crippen molar-refractivity contribution in [2.24, 2.45) is 16.5 Å². The van der Waals surface area contributed by atoms with Gasteiger partial charge in [0, 0.05) is 105 Å². The summed E-state index contributed by atoms with van der Waals surface area (Å²) in [6.45, 7) is 3.72. The molecule has 4 aromatic carbocycles. The SMILES string of the molecule is CCC(=O)NCCNC(=O)/N=C(/N)NCCCC(NC(=O)[C@H](c1ccccc1)c1cccc(OCCCCNc2c(NCCNC(=O)C(CCCCN)NC(=O)CN3CCN(CC(=O)O)CCN(CC(=O)O)CCN(CC(=O)O)CC3)c(=O)c2=O)c1)C(=O)NCc1ccc(O)cc1. The Labute approximate surface area is 562 Å². The lowest BCUT2D eigenvalue weighted by Crippen LogP contribution is -2.52. The topological polar surface area (TPSA) is 464 Å². The molecule has 0 radical (unpaired) electrons. The number of phenolic OH excluding ortho intramolecular Hbond substituents is 1. The van der Waals surface area contributed by atoms with E-state index in [1.165, 1.54) is 12.1 Å². The smallest absolute Gasteiger partial charge is 0.344 e. The predicted molar refractivity (Wildman–Crippen MR) is 362 cm³/mol. The second-order valence-corrected chi connectivity index (χ2v) is 23.2. The second-order valence-electron chi connectivity index (χ2n) is 23.2. The Balaban J connectivity index is 1.12. The van der Waals surface area contributed by atoms with Gasteiger partial charge in [-0.1, -0.05) is 61.5 Å². The molecule has 97 heavy (non-hydrogen) atoms. The molecule has 32 nitrogen and oxygen atoms in total. The number of hydrogen-bond acceptors (Lipinski definition) is 20. The number of anilines is 2.